The number of aliphatic hydroxyl groups excluding tert-OH is 1. The van der Waals surface area contributed by atoms with Gasteiger partial charge in [0.25, 0.3) is 0 Å². The average molecular weight is 252 g/mol. The zero-order valence-corrected chi connectivity index (χ0v) is 10.5. The Morgan fingerprint density at radius 2 is 2.24 bits per heavy atom. The van der Waals surface area contributed by atoms with E-state index in [0.29, 0.717) is 5.56 Å². The average Bonchev–Trinajstić information content (AvgIpc) is 2.30. The summed E-state index contributed by atoms with van der Waals surface area (Å²) in [5, 5.41) is 18.5. The van der Waals surface area contributed by atoms with Gasteiger partial charge in [-0.2, -0.15) is 0 Å². The van der Waals surface area contributed by atoms with Crippen LogP contribution in [-0.2, 0) is 11.4 Å². The molecule has 0 aliphatic heterocycles. The highest BCUT2D eigenvalue weighted by atomic mass is 32.2. The molecule has 0 spiro atoms. The van der Waals surface area contributed by atoms with Gasteiger partial charge in [0.15, 0.2) is 5.12 Å². The van der Waals surface area contributed by atoms with Crippen LogP contribution in [0.5, 0.6) is 5.75 Å². The molecule has 0 aliphatic carbocycles. The fourth-order valence-electron chi connectivity index (χ4n) is 1.33. The summed E-state index contributed by atoms with van der Waals surface area (Å²) >= 11 is 1.31. The Labute approximate surface area is 105 Å². The topological polar surface area (TPSA) is 57.5 Å². The zero-order valence-electron chi connectivity index (χ0n) is 9.72. The number of rotatable bonds is 5. The maximum atomic E-state index is 10.7. The molecule has 1 aromatic rings. The van der Waals surface area contributed by atoms with E-state index in [-0.39, 0.29) is 17.5 Å². The minimum atomic E-state index is -0.173. The molecule has 0 saturated heterocycles. The molecule has 0 atom stereocenters. The maximum Gasteiger partial charge on any atom is 0.185 e. The lowest BCUT2D eigenvalue weighted by Crippen LogP contribution is -1.86. The first-order valence-corrected chi connectivity index (χ1v) is 6.34. The molecule has 4 heteroatoms. The minimum Gasteiger partial charge on any atom is -0.508 e. The number of aliphatic hydroxyl groups is 1. The van der Waals surface area contributed by atoms with Crippen LogP contribution in [0.25, 0.3) is 6.08 Å². The van der Waals surface area contributed by atoms with Crippen molar-refractivity contribution in [2.75, 3.05) is 5.75 Å². The van der Waals surface area contributed by atoms with Crippen molar-refractivity contribution >= 4 is 23.0 Å². The summed E-state index contributed by atoms with van der Waals surface area (Å²) < 4.78 is 0. The van der Waals surface area contributed by atoms with E-state index in [0.717, 1.165) is 17.7 Å². The Balaban J connectivity index is 2.50. The van der Waals surface area contributed by atoms with Crippen LogP contribution < -0.4 is 0 Å². The second kappa shape index (κ2) is 7.14. The molecule has 1 aromatic carbocycles. The summed E-state index contributed by atoms with van der Waals surface area (Å²) in [5.41, 5.74) is 1.45. The molecule has 92 valence electrons. The van der Waals surface area contributed by atoms with Gasteiger partial charge in [0.1, 0.15) is 5.75 Å². The molecule has 0 heterocycles. The highest BCUT2D eigenvalue weighted by Crippen LogP contribution is 2.19. The fourth-order valence-corrected chi connectivity index (χ4v) is 1.87. The van der Waals surface area contributed by atoms with E-state index in [2.05, 4.69) is 0 Å². The van der Waals surface area contributed by atoms with E-state index in [1.165, 1.54) is 11.8 Å². The fraction of sp³-hybridized carbons (Fsp3) is 0.308. The summed E-state index contributed by atoms with van der Waals surface area (Å²) in [4.78, 5) is 10.7. The van der Waals surface area contributed by atoms with Crippen LogP contribution in [0, 0.1) is 0 Å². The van der Waals surface area contributed by atoms with Crippen molar-refractivity contribution in [2.45, 2.75) is 20.0 Å². The number of hydrogen-bond donors (Lipinski definition) is 2. The predicted molar refractivity (Wildman–Crippen MR) is 70.8 cm³/mol. The number of benzene rings is 1. The molecular weight excluding hydrogens is 236 g/mol. The molecule has 0 radical (unpaired) electrons. The van der Waals surface area contributed by atoms with Crippen LogP contribution >= 0.6 is 11.8 Å². The number of allylic oxidation sites excluding steroid dienone is 1. The van der Waals surface area contributed by atoms with Crippen molar-refractivity contribution in [3.05, 3.63) is 35.4 Å². The van der Waals surface area contributed by atoms with Gasteiger partial charge in [-0.25, -0.2) is 0 Å². The molecule has 0 aliphatic rings. The third-order valence-corrected chi connectivity index (χ3v) is 3.02. The first-order chi connectivity index (χ1) is 8.13. The van der Waals surface area contributed by atoms with Crippen LogP contribution in [0.15, 0.2) is 24.3 Å². The number of phenols is 1. The van der Waals surface area contributed by atoms with Crippen LogP contribution in [0.4, 0.5) is 0 Å². The van der Waals surface area contributed by atoms with Crippen molar-refractivity contribution in [2.24, 2.45) is 0 Å². The molecule has 17 heavy (non-hydrogen) atoms. The molecule has 0 bridgehead atoms. The molecule has 0 unspecified atom stereocenters. The predicted octanol–water partition coefficient (Wildman–Crippen LogP) is 2.57. The monoisotopic (exact) mass is 252 g/mol. The van der Waals surface area contributed by atoms with Crippen molar-refractivity contribution in [3.63, 3.8) is 0 Å². The third-order valence-electron chi connectivity index (χ3n) is 2.17. The van der Waals surface area contributed by atoms with Crippen LogP contribution in [0.3, 0.4) is 0 Å². The number of hydrogen-bond acceptors (Lipinski definition) is 4. The van der Waals surface area contributed by atoms with E-state index in [1.807, 2.05) is 12.2 Å². The molecular formula is C13H16O3S. The van der Waals surface area contributed by atoms with Gasteiger partial charge in [-0.1, -0.05) is 30.0 Å². The standard InChI is InChI=1S/C13H16O3S/c1-10(15)17-7-3-2-4-11-5-6-13(16)12(8-11)9-14/h2,4-6,8,14,16H,3,7,9H2,1H3. The van der Waals surface area contributed by atoms with Gasteiger partial charge in [-0.15, -0.1) is 0 Å². The van der Waals surface area contributed by atoms with Crippen molar-refractivity contribution in [3.8, 4) is 5.75 Å². The van der Waals surface area contributed by atoms with Gasteiger partial charge >= 0.3 is 0 Å². The van der Waals surface area contributed by atoms with E-state index in [1.54, 1.807) is 25.1 Å². The Hall–Kier alpha value is -1.26. The van der Waals surface area contributed by atoms with Crippen LogP contribution in [0.2, 0.25) is 0 Å². The van der Waals surface area contributed by atoms with E-state index < -0.39 is 0 Å². The van der Waals surface area contributed by atoms with Crippen molar-refractivity contribution in [1.82, 2.24) is 0 Å². The molecule has 0 amide bonds. The first-order valence-electron chi connectivity index (χ1n) is 5.36. The van der Waals surface area contributed by atoms with Crippen molar-refractivity contribution < 1.29 is 15.0 Å². The van der Waals surface area contributed by atoms with Gasteiger partial charge in [0, 0.05) is 18.2 Å². The summed E-state index contributed by atoms with van der Waals surface area (Å²) in [6.45, 7) is 1.38. The summed E-state index contributed by atoms with van der Waals surface area (Å²) in [6.07, 6.45) is 4.71. The molecule has 2 N–H and O–H groups in total. The highest BCUT2D eigenvalue weighted by Gasteiger charge is 1.99. The number of carbonyl (C=O) groups excluding carboxylic acids is 1. The maximum absolute atomic E-state index is 10.7. The summed E-state index contributed by atoms with van der Waals surface area (Å²) in [7, 11) is 0. The van der Waals surface area contributed by atoms with Crippen LogP contribution in [-0.4, -0.2) is 21.1 Å². The molecule has 3 nitrogen and oxygen atoms in total. The van der Waals surface area contributed by atoms with Gasteiger partial charge in [-0.05, 0) is 24.1 Å². The Bertz CT molecular complexity index is 413. The summed E-state index contributed by atoms with van der Waals surface area (Å²) in [5.74, 6) is 0.883. The van der Waals surface area contributed by atoms with Gasteiger partial charge in [0.2, 0.25) is 0 Å². The Morgan fingerprint density at radius 1 is 1.47 bits per heavy atom. The van der Waals surface area contributed by atoms with Gasteiger partial charge in [-0.3, -0.25) is 4.79 Å². The molecule has 1 rings (SSSR count). The summed E-state index contributed by atoms with van der Waals surface area (Å²) in [6, 6.07) is 5.09. The number of carbonyl (C=O) groups is 1. The first kappa shape index (κ1) is 13.8. The quantitative estimate of drug-likeness (QED) is 0.791. The zero-order chi connectivity index (χ0) is 12.7. The number of aromatic hydroxyl groups is 1. The van der Waals surface area contributed by atoms with E-state index in [9.17, 15) is 9.90 Å². The lowest BCUT2D eigenvalue weighted by Gasteiger charge is -2.01. The minimum absolute atomic E-state index is 0.108. The smallest absolute Gasteiger partial charge is 0.185 e. The Morgan fingerprint density at radius 3 is 2.88 bits per heavy atom. The molecule has 0 saturated carbocycles. The lowest BCUT2D eigenvalue weighted by molar-refractivity contribution is -0.109. The number of thioether (sulfide) groups is 1. The highest BCUT2D eigenvalue weighted by molar-refractivity contribution is 8.13. The largest absolute Gasteiger partial charge is 0.508 e. The lowest BCUT2D eigenvalue weighted by atomic mass is 10.1. The SMILES string of the molecule is CC(=O)SCCC=Cc1ccc(O)c(CO)c1. The van der Waals surface area contributed by atoms with Gasteiger partial charge in [0.05, 0.1) is 6.61 Å². The van der Waals surface area contributed by atoms with E-state index >= 15 is 0 Å². The molecule has 0 fully saturated rings. The second-order valence-electron chi connectivity index (χ2n) is 3.58. The molecule has 0 aromatic heterocycles. The van der Waals surface area contributed by atoms with Crippen molar-refractivity contribution in [1.29, 1.82) is 0 Å². The van der Waals surface area contributed by atoms with Gasteiger partial charge < -0.3 is 10.2 Å². The normalized spacial score (nSPS) is 10.9. The van der Waals surface area contributed by atoms with E-state index in [4.69, 9.17) is 5.11 Å². The Kier molecular flexibility index (Phi) is 5.80. The third kappa shape index (κ3) is 5.06. The van der Waals surface area contributed by atoms with Crippen LogP contribution in [0.1, 0.15) is 24.5 Å². The second-order valence-corrected chi connectivity index (χ2v) is 4.85.